The second-order valence-corrected chi connectivity index (χ2v) is 12.8. The summed E-state index contributed by atoms with van der Waals surface area (Å²) in [6.45, 7) is 8.22. The van der Waals surface area contributed by atoms with Gasteiger partial charge in [-0.3, -0.25) is 19.4 Å². The summed E-state index contributed by atoms with van der Waals surface area (Å²) in [5.74, 6) is -1.26. The van der Waals surface area contributed by atoms with Crippen LogP contribution >= 0.6 is 0 Å². The summed E-state index contributed by atoms with van der Waals surface area (Å²) in [7, 11) is 0. The van der Waals surface area contributed by atoms with Crippen LogP contribution in [0.1, 0.15) is 89.5 Å². The number of hydrogen-bond acceptors (Lipinski definition) is 8. The molecule has 11 nitrogen and oxygen atoms in total. The molecule has 0 aliphatic heterocycles. The van der Waals surface area contributed by atoms with E-state index in [0.717, 1.165) is 25.7 Å². The highest BCUT2D eigenvalue weighted by Crippen LogP contribution is 2.31. The fourth-order valence-corrected chi connectivity index (χ4v) is 6.34. The van der Waals surface area contributed by atoms with Crippen molar-refractivity contribution in [3.63, 3.8) is 0 Å². The quantitative estimate of drug-likeness (QED) is 0.176. The fraction of sp³-hybridized carbons (Fsp3) is 0.618. The Kier molecular flexibility index (Phi) is 14.0. The average molecular weight is 624 g/mol. The Bertz CT molecular complexity index is 1220. The molecule has 3 rings (SSSR count). The number of carbonyl (C=O) groups excluding carboxylic acids is 3. The van der Waals surface area contributed by atoms with Gasteiger partial charge >= 0.3 is 0 Å². The summed E-state index contributed by atoms with van der Waals surface area (Å²) in [5, 5.41) is 17.9. The number of aromatic nitrogens is 2. The van der Waals surface area contributed by atoms with Crippen LogP contribution in [0.25, 0.3) is 0 Å². The zero-order chi connectivity index (χ0) is 32.9. The van der Waals surface area contributed by atoms with E-state index in [-0.39, 0.29) is 42.3 Å². The van der Waals surface area contributed by atoms with Gasteiger partial charge < -0.3 is 32.1 Å². The first kappa shape index (κ1) is 35.7. The van der Waals surface area contributed by atoms with Crippen LogP contribution < -0.4 is 22.1 Å². The van der Waals surface area contributed by atoms with E-state index in [4.69, 9.17) is 11.5 Å². The van der Waals surface area contributed by atoms with Gasteiger partial charge in [0.1, 0.15) is 17.6 Å². The number of pyridine rings is 2. The molecular formula is C34H53N7O4. The second kappa shape index (κ2) is 17.7. The van der Waals surface area contributed by atoms with E-state index in [0.29, 0.717) is 36.8 Å². The van der Waals surface area contributed by atoms with Crippen molar-refractivity contribution in [1.29, 1.82) is 0 Å². The van der Waals surface area contributed by atoms with Crippen molar-refractivity contribution in [3.05, 3.63) is 48.4 Å². The summed E-state index contributed by atoms with van der Waals surface area (Å²) in [6.07, 6.45) is 9.15. The molecule has 1 aliphatic rings. The molecule has 0 saturated heterocycles. The summed E-state index contributed by atoms with van der Waals surface area (Å²) >= 11 is 0. The largest absolute Gasteiger partial charge is 0.396 e. The molecule has 0 spiro atoms. The van der Waals surface area contributed by atoms with Crippen molar-refractivity contribution in [2.24, 2.45) is 29.4 Å². The van der Waals surface area contributed by atoms with Crippen molar-refractivity contribution >= 4 is 29.2 Å². The Balaban J connectivity index is 1.85. The molecule has 0 aromatic carbocycles. The van der Waals surface area contributed by atoms with Crippen molar-refractivity contribution < 1.29 is 19.5 Å². The Morgan fingerprint density at radius 3 is 2.36 bits per heavy atom. The predicted molar refractivity (Wildman–Crippen MR) is 177 cm³/mol. The van der Waals surface area contributed by atoms with Crippen LogP contribution in [-0.2, 0) is 9.59 Å². The van der Waals surface area contributed by atoms with Gasteiger partial charge in [0.25, 0.3) is 5.91 Å². The number of nitrogens with one attached hydrogen (secondary N) is 2. The predicted octanol–water partition coefficient (Wildman–Crippen LogP) is 3.99. The molecule has 11 heteroatoms. The van der Waals surface area contributed by atoms with Crippen LogP contribution in [0, 0.1) is 23.7 Å². The SMILES string of the molecule is CC[C@H](C)[C@@H](C(N)=O)N(CCNc1ncccc1N)C(=O)[C@@H](C[C@H](O)[C@H](CC1CCCCC1)NC(=O)c1ccccn1)C(C)C. The van der Waals surface area contributed by atoms with Gasteiger partial charge in [0, 0.05) is 31.4 Å². The zero-order valence-electron chi connectivity index (χ0n) is 27.3. The van der Waals surface area contributed by atoms with Crippen LogP contribution in [0.15, 0.2) is 42.7 Å². The molecule has 1 aliphatic carbocycles. The Hall–Kier alpha value is -3.73. The Morgan fingerprint density at radius 2 is 1.76 bits per heavy atom. The van der Waals surface area contributed by atoms with E-state index in [9.17, 15) is 19.5 Å². The van der Waals surface area contributed by atoms with Gasteiger partial charge in [0.2, 0.25) is 11.8 Å². The zero-order valence-corrected chi connectivity index (χ0v) is 27.3. The number of nitrogen functional groups attached to an aromatic ring is 1. The maximum Gasteiger partial charge on any atom is 0.270 e. The molecule has 1 fully saturated rings. The van der Waals surface area contributed by atoms with Crippen LogP contribution in [0.2, 0.25) is 0 Å². The van der Waals surface area contributed by atoms with Gasteiger partial charge in [-0.05, 0) is 54.9 Å². The Morgan fingerprint density at radius 1 is 1.04 bits per heavy atom. The number of nitrogens with two attached hydrogens (primary N) is 2. The molecule has 248 valence electrons. The summed E-state index contributed by atoms with van der Waals surface area (Å²) in [6, 6.07) is 7.22. The molecular weight excluding hydrogens is 570 g/mol. The standard InChI is InChI=1S/C34H53N7O4/c1-5-23(4)30(31(36)43)41(19-18-39-32-26(35)14-11-17-38-32)34(45)25(22(2)3)21-29(42)28(20-24-12-7-6-8-13-24)40-33(44)27-15-9-10-16-37-27/h9-11,14-17,22-25,28-30,42H,5-8,12-13,18-21,35H2,1-4H3,(H2,36,43)(H,38,39)(H,40,44)/t23-,25-,28-,29-,30-/m0/s1. The van der Waals surface area contributed by atoms with Crippen LogP contribution in [0.5, 0.6) is 0 Å². The molecule has 45 heavy (non-hydrogen) atoms. The van der Waals surface area contributed by atoms with E-state index < -0.39 is 30.0 Å². The Labute approximate surface area is 267 Å². The molecule has 1 saturated carbocycles. The molecule has 0 unspecified atom stereocenters. The van der Waals surface area contributed by atoms with E-state index in [1.807, 2.05) is 27.7 Å². The second-order valence-electron chi connectivity index (χ2n) is 12.8. The van der Waals surface area contributed by atoms with Gasteiger partial charge in [-0.25, -0.2) is 4.98 Å². The number of aliphatic hydroxyl groups is 1. The van der Waals surface area contributed by atoms with Gasteiger partial charge in [0.15, 0.2) is 0 Å². The van der Waals surface area contributed by atoms with Crippen molar-refractivity contribution in [2.75, 3.05) is 24.1 Å². The van der Waals surface area contributed by atoms with Crippen LogP contribution in [0.4, 0.5) is 11.5 Å². The number of primary amides is 1. The lowest BCUT2D eigenvalue weighted by Gasteiger charge is -2.38. The highest BCUT2D eigenvalue weighted by atomic mass is 16.3. The molecule has 2 aromatic rings. The number of amides is 3. The van der Waals surface area contributed by atoms with Crippen molar-refractivity contribution in [1.82, 2.24) is 20.2 Å². The summed E-state index contributed by atoms with van der Waals surface area (Å²) < 4.78 is 0. The molecule has 0 bridgehead atoms. The van der Waals surface area contributed by atoms with Crippen LogP contribution in [-0.4, -0.2) is 69.0 Å². The smallest absolute Gasteiger partial charge is 0.270 e. The number of carbonyl (C=O) groups is 3. The van der Waals surface area contributed by atoms with E-state index in [2.05, 4.69) is 20.6 Å². The molecule has 5 atom stereocenters. The summed E-state index contributed by atoms with van der Waals surface area (Å²) in [4.78, 5) is 50.4. The van der Waals surface area contributed by atoms with Crippen LogP contribution in [0.3, 0.4) is 0 Å². The minimum atomic E-state index is -0.986. The normalized spacial score (nSPS) is 17.1. The first-order chi connectivity index (χ1) is 21.5. The fourth-order valence-electron chi connectivity index (χ4n) is 6.34. The summed E-state index contributed by atoms with van der Waals surface area (Å²) in [5.41, 5.74) is 12.7. The number of nitrogens with zero attached hydrogens (tertiary/aromatic N) is 3. The number of hydrogen-bond donors (Lipinski definition) is 5. The third kappa shape index (κ3) is 10.4. The minimum absolute atomic E-state index is 0.124. The molecule has 7 N–H and O–H groups in total. The first-order valence-corrected chi connectivity index (χ1v) is 16.5. The lowest BCUT2D eigenvalue weighted by Crippen LogP contribution is -2.55. The van der Waals surface area contributed by atoms with E-state index in [1.54, 1.807) is 47.6 Å². The molecule has 2 heterocycles. The van der Waals surface area contributed by atoms with E-state index in [1.165, 1.54) is 6.42 Å². The maximum absolute atomic E-state index is 14.4. The third-order valence-corrected chi connectivity index (χ3v) is 9.19. The number of rotatable bonds is 17. The van der Waals surface area contributed by atoms with Crippen molar-refractivity contribution in [2.45, 2.75) is 97.2 Å². The van der Waals surface area contributed by atoms with Gasteiger partial charge in [-0.2, -0.15) is 0 Å². The highest BCUT2D eigenvalue weighted by Gasteiger charge is 2.38. The minimum Gasteiger partial charge on any atom is -0.396 e. The molecule has 2 aromatic heterocycles. The van der Waals surface area contributed by atoms with Gasteiger partial charge in [-0.15, -0.1) is 0 Å². The van der Waals surface area contributed by atoms with E-state index >= 15 is 0 Å². The average Bonchev–Trinajstić information content (AvgIpc) is 3.03. The third-order valence-electron chi connectivity index (χ3n) is 9.19. The molecule has 3 amide bonds. The first-order valence-electron chi connectivity index (χ1n) is 16.5. The number of anilines is 2. The molecule has 0 radical (unpaired) electrons. The highest BCUT2D eigenvalue weighted by molar-refractivity contribution is 5.92. The lowest BCUT2D eigenvalue weighted by atomic mass is 9.80. The van der Waals surface area contributed by atoms with Gasteiger partial charge in [-0.1, -0.05) is 72.3 Å². The topological polar surface area (TPSA) is 177 Å². The van der Waals surface area contributed by atoms with Crippen molar-refractivity contribution in [3.8, 4) is 0 Å². The lowest BCUT2D eigenvalue weighted by molar-refractivity contribution is -0.146. The maximum atomic E-state index is 14.4. The van der Waals surface area contributed by atoms with Gasteiger partial charge in [0.05, 0.1) is 17.8 Å². The monoisotopic (exact) mass is 623 g/mol. The number of aliphatic hydroxyl groups excluding tert-OH is 1.